The number of amides is 1. The average molecular weight is 284 g/mol. The Labute approximate surface area is 121 Å². The summed E-state index contributed by atoms with van der Waals surface area (Å²) >= 11 is 0. The lowest BCUT2D eigenvalue weighted by Crippen LogP contribution is -2.50. The molecule has 5 nitrogen and oxygen atoms in total. The maximum absolute atomic E-state index is 12.2. The molecule has 20 heavy (non-hydrogen) atoms. The second kappa shape index (κ2) is 7.62. The van der Waals surface area contributed by atoms with Crippen LogP contribution < -0.4 is 10.6 Å². The number of carboxylic acids is 1. The van der Waals surface area contributed by atoms with Gasteiger partial charge in [-0.05, 0) is 25.8 Å². The van der Waals surface area contributed by atoms with Gasteiger partial charge in [0.15, 0.2) is 0 Å². The van der Waals surface area contributed by atoms with Crippen LogP contribution in [0.1, 0.15) is 58.8 Å². The van der Waals surface area contributed by atoms with Gasteiger partial charge in [-0.2, -0.15) is 0 Å². The second-order valence-electron chi connectivity index (χ2n) is 6.28. The fraction of sp³-hybridized carbons (Fsp3) is 0.867. The van der Waals surface area contributed by atoms with E-state index in [2.05, 4.69) is 10.6 Å². The number of hydrogen-bond donors (Lipinski definition) is 3. The number of carbonyl (C=O) groups excluding carboxylic acids is 1. The molecular weight excluding hydrogens is 256 g/mol. The molecule has 1 atom stereocenters. The third-order valence-corrected chi connectivity index (χ3v) is 4.39. The van der Waals surface area contributed by atoms with Crippen LogP contribution in [0.2, 0.25) is 0 Å². The lowest BCUT2D eigenvalue weighted by atomic mass is 9.79. The highest BCUT2D eigenvalue weighted by atomic mass is 16.4. The van der Waals surface area contributed by atoms with Crippen molar-refractivity contribution in [3.05, 3.63) is 0 Å². The lowest BCUT2D eigenvalue weighted by molar-refractivity contribution is -0.138. The van der Waals surface area contributed by atoms with Gasteiger partial charge in [0, 0.05) is 18.0 Å². The van der Waals surface area contributed by atoms with E-state index in [0.717, 1.165) is 25.7 Å². The molecule has 0 saturated heterocycles. The van der Waals surface area contributed by atoms with Gasteiger partial charge < -0.3 is 15.7 Å². The molecule has 1 unspecified atom stereocenters. The Bertz CT molecular complexity index is 336. The number of hydrogen-bond acceptors (Lipinski definition) is 3. The fourth-order valence-corrected chi connectivity index (χ4v) is 2.95. The van der Waals surface area contributed by atoms with Crippen LogP contribution in [-0.4, -0.2) is 35.6 Å². The van der Waals surface area contributed by atoms with Gasteiger partial charge in [0.05, 0.1) is 6.42 Å². The summed E-state index contributed by atoms with van der Waals surface area (Å²) in [5, 5.41) is 15.1. The Morgan fingerprint density at radius 3 is 2.25 bits per heavy atom. The normalized spacial score (nSPS) is 19.6. The Morgan fingerprint density at radius 2 is 1.80 bits per heavy atom. The smallest absolute Gasteiger partial charge is 0.305 e. The molecule has 3 N–H and O–H groups in total. The molecule has 1 aliphatic carbocycles. The van der Waals surface area contributed by atoms with Crippen LogP contribution in [0.15, 0.2) is 0 Å². The molecule has 1 fully saturated rings. The third kappa shape index (κ3) is 5.12. The second-order valence-corrected chi connectivity index (χ2v) is 6.28. The molecule has 116 valence electrons. The summed E-state index contributed by atoms with van der Waals surface area (Å²) in [7, 11) is 1.91. The highest BCUT2D eigenvalue weighted by Crippen LogP contribution is 2.30. The standard InChI is InChI=1S/C15H28N2O3/c1-11(2)12(9-14(19)20)17-13(18)10-15(16-3)7-5-4-6-8-15/h11-12,16H,4-10H2,1-3H3,(H,17,18)(H,19,20). The Balaban J connectivity index is 2.57. The van der Waals surface area contributed by atoms with E-state index >= 15 is 0 Å². The molecule has 0 aliphatic heterocycles. The number of carboxylic acid groups (broad SMARTS) is 1. The summed E-state index contributed by atoms with van der Waals surface area (Å²) in [6.45, 7) is 3.87. The molecule has 0 radical (unpaired) electrons. The summed E-state index contributed by atoms with van der Waals surface area (Å²) < 4.78 is 0. The van der Waals surface area contributed by atoms with E-state index in [1.54, 1.807) is 0 Å². The first-order chi connectivity index (χ1) is 9.38. The third-order valence-electron chi connectivity index (χ3n) is 4.39. The van der Waals surface area contributed by atoms with Gasteiger partial charge in [0.1, 0.15) is 0 Å². The van der Waals surface area contributed by atoms with Gasteiger partial charge in [-0.25, -0.2) is 0 Å². The molecular formula is C15H28N2O3. The molecule has 0 aromatic carbocycles. The molecule has 1 saturated carbocycles. The van der Waals surface area contributed by atoms with Crippen molar-refractivity contribution >= 4 is 11.9 Å². The molecule has 0 heterocycles. The van der Waals surface area contributed by atoms with Gasteiger partial charge in [-0.15, -0.1) is 0 Å². The van der Waals surface area contributed by atoms with E-state index in [4.69, 9.17) is 5.11 Å². The highest BCUT2D eigenvalue weighted by Gasteiger charge is 2.33. The first-order valence-corrected chi connectivity index (χ1v) is 7.58. The van der Waals surface area contributed by atoms with E-state index in [1.807, 2.05) is 20.9 Å². The predicted molar refractivity (Wildman–Crippen MR) is 78.5 cm³/mol. The van der Waals surface area contributed by atoms with Crippen LogP contribution in [0.4, 0.5) is 0 Å². The molecule has 1 amide bonds. The van der Waals surface area contributed by atoms with Gasteiger partial charge in [-0.1, -0.05) is 33.1 Å². The summed E-state index contributed by atoms with van der Waals surface area (Å²) in [6.07, 6.45) is 5.99. The van der Waals surface area contributed by atoms with Crippen LogP contribution in [0.3, 0.4) is 0 Å². The summed E-state index contributed by atoms with van der Waals surface area (Å²) in [5.74, 6) is -0.793. The average Bonchev–Trinajstić information content (AvgIpc) is 2.38. The van der Waals surface area contributed by atoms with Gasteiger partial charge >= 0.3 is 5.97 Å². The van der Waals surface area contributed by atoms with E-state index < -0.39 is 5.97 Å². The molecule has 0 aromatic heterocycles. The number of nitrogens with one attached hydrogen (secondary N) is 2. The van der Waals surface area contributed by atoms with Crippen LogP contribution >= 0.6 is 0 Å². The first-order valence-electron chi connectivity index (χ1n) is 7.58. The van der Waals surface area contributed by atoms with Crippen molar-refractivity contribution in [2.45, 2.75) is 70.4 Å². The minimum Gasteiger partial charge on any atom is -0.481 e. The van der Waals surface area contributed by atoms with Crippen molar-refractivity contribution in [3.8, 4) is 0 Å². The quantitative estimate of drug-likeness (QED) is 0.667. The van der Waals surface area contributed by atoms with Crippen molar-refractivity contribution in [2.24, 2.45) is 5.92 Å². The molecule has 0 spiro atoms. The number of rotatable bonds is 7. The summed E-state index contributed by atoms with van der Waals surface area (Å²) in [6, 6.07) is -0.294. The van der Waals surface area contributed by atoms with E-state index in [9.17, 15) is 9.59 Å². The maximum Gasteiger partial charge on any atom is 0.305 e. The zero-order valence-corrected chi connectivity index (χ0v) is 12.9. The van der Waals surface area contributed by atoms with Crippen LogP contribution in [0.5, 0.6) is 0 Å². The Morgan fingerprint density at radius 1 is 1.20 bits per heavy atom. The monoisotopic (exact) mass is 284 g/mol. The molecule has 5 heteroatoms. The topological polar surface area (TPSA) is 78.4 Å². The van der Waals surface area contributed by atoms with Crippen molar-refractivity contribution in [3.63, 3.8) is 0 Å². The van der Waals surface area contributed by atoms with Gasteiger partial charge in [0.2, 0.25) is 5.91 Å². The minimum atomic E-state index is -0.870. The van der Waals surface area contributed by atoms with Crippen molar-refractivity contribution < 1.29 is 14.7 Å². The predicted octanol–water partition coefficient (Wildman–Crippen LogP) is 1.91. The number of aliphatic carboxylic acids is 1. The van der Waals surface area contributed by atoms with Gasteiger partial charge in [0.25, 0.3) is 0 Å². The number of carbonyl (C=O) groups is 2. The largest absolute Gasteiger partial charge is 0.481 e. The fourth-order valence-electron chi connectivity index (χ4n) is 2.95. The van der Waals surface area contributed by atoms with Crippen LogP contribution in [0, 0.1) is 5.92 Å². The van der Waals surface area contributed by atoms with E-state index in [-0.39, 0.29) is 29.8 Å². The zero-order chi connectivity index (χ0) is 15.2. The lowest BCUT2D eigenvalue weighted by Gasteiger charge is -2.37. The molecule has 1 rings (SSSR count). The molecule has 0 aromatic rings. The Hall–Kier alpha value is -1.10. The van der Waals surface area contributed by atoms with Crippen molar-refractivity contribution in [1.29, 1.82) is 0 Å². The molecule has 0 bridgehead atoms. The van der Waals surface area contributed by atoms with Gasteiger partial charge in [-0.3, -0.25) is 9.59 Å². The zero-order valence-electron chi connectivity index (χ0n) is 12.9. The molecule has 1 aliphatic rings. The van der Waals surface area contributed by atoms with Crippen LogP contribution in [0.25, 0.3) is 0 Å². The first kappa shape index (κ1) is 17.0. The summed E-state index contributed by atoms with van der Waals surface area (Å²) in [4.78, 5) is 23.1. The Kier molecular flexibility index (Phi) is 6.46. The highest BCUT2D eigenvalue weighted by molar-refractivity contribution is 5.78. The van der Waals surface area contributed by atoms with Crippen LogP contribution in [-0.2, 0) is 9.59 Å². The van der Waals surface area contributed by atoms with Crippen molar-refractivity contribution in [2.75, 3.05) is 7.05 Å². The van der Waals surface area contributed by atoms with E-state index in [1.165, 1.54) is 6.42 Å². The maximum atomic E-state index is 12.2. The minimum absolute atomic E-state index is 0.0179. The SMILES string of the molecule is CNC1(CC(=O)NC(CC(=O)O)C(C)C)CCCCC1. The summed E-state index contributed by atoms with van der Waals surface area (Å²) in [5.41, 5.74) is -0.104. The van der Waals surface area contributed by atoms with Crippen molar-refractivity contribution in [1.82, 2.24) is 10.6 Å². The van der Waals surface area contributed by atoms with E-state index in [0.29, 0.717) is 6.42 Å².